The second kappa shape index (κ2) is 7.01. The Kier molecular flexibility index (Phi) is 4.32. The topological polar surface area (TPSA) is 61.9 Å². The third kappa shape index (κ3) is 3.08. The summed E-state index contributed by atoms with van der Waals surface area (Å²) in [5.74, 6) is -0.0769. The highest BCUT2D eigenvalue weighted by Crippen LogP contribution is 2.38. The summed E-state index contributed by atoms with van der Waals surface area (Å²) in [7, 11) is 0. The van der Waals surface area contributed by atoms with Gasteiger partial charge in [0.05, 0.1) is 5.69 Å². The van der Waals surface area contributed by atoms with Crippen molar-refractivity contribution in [3.63, 3.8) is 0 Å². The fourth-order valence-corrected chi connectivity index (χ4v) is 4.36. The molecule has 1 aliphatic rings. The lowest BCUT2D eigenvalue weighted by Gasteiger charge is -2.35. The first-order valence-corrected chi connectivity index (χ1v) is 9.95. The van der Waals surface area contributed by atoms with Gasteiger partial charge in [0.25, 0.3) is 5.91 Å². The smallest absolute Gasteiger partial charge is 0.254 e. The average molecular weight is 403 g/mol. The van der Waals surface area contributed by atoms with Crippen LogP contribution >= 0.6 is 11.6 Å². The van der Waals surface area contributed by atoms with Crippen molar-refractivity contribution in [3.05, 3.63) is 94.2 Å². The Morgan fingerprint density at radius 2 is 2.03 bits per heavy atom. The molecular formula is C23H19ClN4O. The minimum Gasteiger partial charge on any atom is -0.356 e. The Labute approximate surface area is 173 Å². The molecule has 3 aromatic heterocycles. The summed E-state index contributed by atoms with van der Waals surface area (Å²) in [6.45, 7) is 2.57. The quantitative estimate of drug-likeness (QED) is 0.494. The highest BCUT2D eigenvalue weighted by molar-refractivity contribution is 6.29. The van der Waals surface area contributed by atoms with Crippen LogP contribution in [0.25, 0.3) is 10.9 Å². The number of aromatic nitrogens is 3. The van der Waals surface area contributed by atoms with Crippen molar-refractivity contribution >= 4 is 28.4 Å². The maximum absolute atomic E-state index is 13.4. The van der Waals surface area contributed by atoms with Gasteiger partial charge in [-0.3, -0.25) is 9.78 Å². The van der Waals surface area contributed by atoms with Crippen LogP contribution in [0.4, 0.5) is 0 Å². The standard InChI is InChI=1S/C23H19ClN4O/c1-14-5-4-8-19(26-14)22-21-17(16-6-2-3-7-18(16)27-21)10-12-28(22)23(29)15-9-11-25-20(24)13-15/h2-9,11,13,22,27H,10,12H2,1H3. The average Bonchev–Trinajstić information content (AvgIpc) is 3.11. The minimum atomic E-state index is -0.287. The zero-order valence-electron chi connectivity index (χ0n) is 15.9. The van der Waals surface area contributed by atoms with Crippen LogP contribution in [0.1, 0.15) is 39.0 Å². The third-order valence-electron chi connectivity index (χ3n) is 5.46. The molecule has 1 aliphatic heterocycles. The molecular weight excluding hydrogens is 384 g/mol. The summed E-state index contributed by atoms with van der Waals surface area (Å²) in [4.78, 5) is 27.6. The molecule has 0 fully saturated rings. The Bertz CT molecular complexity index is 1230. The number of nitrogens with zero attached hydrogens (tertiary/aromatic N) is 3. The van der Waals surface area contributed by atoms with Crippen LogP contribution in [0.15, 0.2) is 60.8 Å². The number of amides is 1. The number of H-pyrrole nitrogens is 1. The molecule has 0 aliphatic carbocycles. The van der Waals surface area contributed by atoms with Gasteiger partial charge in [0.2, 0.25) is 0 Å². The molecule has 1 unspecified atom stereocenters. The van der Waals surface area contributed by atoms with Crippen LogP contribution in [0.3, 0.4) is 0 Å². The van der Waals surface area contributed by atoms with Gasteiger partial charge in [-0.05, 0) is 49.2 Å². The number of hydrogen-bond acceptors (Lipinski definition) is 3. The number of carbonyl (C=O) groups excluding carboxylic acids is 1. The maximum atomic E-state index is 13.4. The van der Waals surface area contributed by atoms with Gasteiger partial charge >= 0.3 is 0 Å². The summed E-state index contributed by atoms with van der Waals surface area (Å²) in [6, 6.07) is 17.2. The van der Waals surface area contributed by atoms with Gasteiger partial charge in [-0.15, -0.1) is 0 Å². The number of hydrogen-bond donors (Lipinski definition) is 1. The Morgan fingerprint density at radius 1 is 1.17 bits per heavy atom. The first-order valence-electron chi connectivity index (χ1n) is 9.57. The molecule has 1 N–H and O–H groups in total. The van der Waals surface area contributed by atoms with E-state index in [4.69, 9.17) is 16.6 Å². The van der Waals surface area contributed by atoms with Gasteiger partial charge in [-0.25, -0.2) is 4.98 Å². The molecule has 0 spiro atoms. The summed E-state index contributed by atoms with van der Waals surface area (Å²) < 4.78 is 0. The molecule has 4 heterocycles. The molecule has 0 radical (unpaired) electrons. The van der Waals surface area contributed by atoms with E-state index < -0.39 is 0 Å². The van der Waals surface area contributed by atoms with E-state index in [9.17, 15) is 4.79 Å². The summed E-state index contributed by atoms with van der Waals surface area (Å²) in [6.07, 6.45) is 2.35. The Morgan fingerprint density at radius 3 is 2.86 bits per heavy atom. The molecule has 0 saturated heterocycles. The van der Waals surface area contributed by atoms with E-state index in [1.807, 2.05) is 42.2 Å². The number of rotatable bonds is 2. The zero-order valence-corrected chi connectivity index (χ0v) is 16.6. The lowest BCUT2D eigenvalue weighted by atomic mass is 9.94. The van der Waals surface area contributed by atoms with E-state index in [1.54, 1.807) is 18.3 Å². The van der Waals surface area contributed by atoms with Crippen molar-refractivity contribution in [3.8, 4) is 0 Å². The molecule has 144 valence electrons. The van der Waals surface area contributed by atoms with Crippen LogP contribution in [0, 0.1) is 6.92 Å². The molecule has 1 aromatic carbocycles. The predicted octanol–water partition coefficient (Wildman–Crippen LogP) is 4.71. The Balaban J connectivity index is 1.68. The lowest BCUT2D eigenvalue weighted by molar-refractivity contribution is 0.0688. The van der Waals surface area contributed by atoms with E-state index in [0.29, 0.717) is 17.3 Å². The fraction of sp³-hybridized carbons (Fsp3) is 0.174. The van der Waals surface area contributed by atoms with Gasteiger partial charge < -0.3 is 9.88 Å². The zero-order chi connectivity index (χ0) is 20.0. The van der Waals surface area contributed by atoms with Crippen LogP contribution in [0.2, 0.25) is 5.15 Å². The number of benzene rings is 1. The first-order chi connectivity index (χ1) is 14.1. The number of nitrogens with one attached hydrogen (secondary N) is 1. The summed E-state index contributed by atoms with van der Waals surface area (Å²) in [5, 5.41) is 1.52. The number of pyridine rings is 2. The second-order valence-electron chi connectivity index (χ2n) is 7.28. The number of halogens is 1. The van der Waals surface area contributed by atoms with Crippen molar-refractivity contribution < 1.29 is 4.79 Å². The van der Waals surface area contributed by atoms with E-state index in [-0.39, 0.29) is 11.9 Å². The summed E-state index contributed by atoms with van der Waals surface area (Å²) >= 11 is 6.04. The number of aryl methyl sites for hydroxylation is 1. The van der Waals surface area contributed by atoms with Crippen LogP contribution in [-0.4, -0.2) is 32.3 Å². The van der Waals surface area contributed by atoms with Crippen molar-refractivity contribution in [2.24, 2.45) is 0 Å². The molecule has 5 nitrogen and oxygen atoms in total. The first kappa shape index (κ1) is 17.9. The number of fused-ring (bicyclic) bond motifs is 3. The van der Waals surface area contributed by atoms with Crippen molar-refractivity contribution in [1.29, 1.82) is 0 Å². The SMILES string of the molecule is Cc1cccc(C2c3[nH]c4ccccc4c3CCN2C(=O)c2ccnc(Cl)c2)n1. The van der Waals surface area contributed by atoms with Crippen LogP contribution in [0.5, 0.6) is 0 Å². The van der Waals surface area contributed by atoms with E-state index in [2.05, 4.69) is 22.1 Å². The molecule has 29 heavy (non-hydrogen) atoms. The molecule has 5 rings (SSSR count). The van der Waals surface area contributed by atoms with E-state index in [0.717, 1.165) is 29.0 Å². The third-order valence-corrected chi connectivity index (χ3v) is 5.67. The normalized spacial score (nSPS) is 16.1. The minimum absolute atomic E-state index is 0.0769. The number of carbonyl (C=O) groups is 1. The Hall–Kier alpha value is -3.18. The van der Waals surface area contributed by atoms with E-state index >= 15 is 0 Å². The van der Waals surface area contributed by atoms with Crippen LogP contribution < -0.4 is 0 Å². The van der Waals surface area contributed by atoms with Crippen molar-refractivity contribution in [1.82, 2.24) is 19.9 Å². The molecule has 4 aromatic rings. The highest BCUT2D eigenvalue weighted by Gasteiger charge is 2.35. The van der Waals surface area contributed by atoms with Gasteiger partial charge in [0, 0.05) is 40.6 Å². The molecule has 6 heteroatoms. The van der Waals surface area contributed by atoms with Gasteiger partial charge in [0.15, 0.2) is 0 Å². The van der Waals surface area contributed by atoms with Crippen molar-refractivity contribution in [2.45, 2.75) is 19.4 Å². The lowest BCUT2D eigenvalue weighted by Crippen LogP contribution is -2.41. The fourth-order valence-electron chi connectivity index (χ4n) is 4.18. The number of para-hydroxylation sites is 1. The predicted molar refractivity (Wildman–Crippen MR) is 113 cm³/mol. The molecule has 0 saturated carbocycles. The van der Waals surface area contributed by atoms with Gasteiger partial charge in [-0.2, -0.15) is 0 Å². The monoisotopic (exact) mass is 402 g/mol. The van der Waals surface area contributed by atoms with E-state index in [1.165, 1.54) is 10.9 Å². The second-order valence-corrected chi connectivity index (χ2v) is 7.67. The molecule has 1 amide bonds. The van der Waals surface area contributed by atoms with Gasteiger partial charge in [-0.1, -0.05) is 35.9 Å². The highest BCUT2D eigenvalue weighted by atomic mass is 35.5. The molecule has 1 atom stereocenters. The number of aromatic amines is 1. The molecule has 0 bridgehead atoms. The van der Waals surface area contributed by atoms with Gasteiger partial charge in [0.1, 0.15) is 11.2 Å². The van der Waals surface area contributed by atoms with Crippen LogP contribution in [-0.2, 0) is 6.42 Å². The largest absolute Gasteiger partial charge is 0.356 e. The maximum Gasteiger partial charge on any atom is 0.254 e. The van der Waals surface area contributed by atoms with Crippen molar-refractivity contribution in [2.75, 3.05) is 6.54 Å². The summed E-state index contributed by atoms with van der Waals surface area (Å²) in [5.41, 5.74) is 5.67.